The number of rotatable bonds is 6. The highest BCUT2D eigenvalue weighted by molar-refractivity contribution is 5.70. The molecule has 1 aromatic carbocycles. The van der Waals surface area contributed by atoms with Crippen LogP contribution >= 0.6 is 0 Å². The van der Waals surface area contributed by atoms with E-state index in [4.69, 9.17) is 0 Å². The van der Waals surface area contributed by atoms with E-state index >= 15 is 0 Å². The third kappa shape index (κ3) is 4.34. The van der Waals surface area contributed by atoms with E-state index in [-0.39, 0.29) is 5.92 Å². The molecule has 20 heavy (non-hydrogen) atoms. The number of carboxylic acid groups (broad SMARTS) is 1. The first-order valence-corrected chi connectivity index (χ1v) is 7.67. The normalized spacial score (nSPS) is 24.2. The number of nitrogens with one attached hydrogen (secondary N) is 1. The summed E-state index contributed by atoms with van der Waals surface area (Å²) >= 11 is 0. The van der Waals surface area contributed by atoms with Crippen molar-refractivity contribution < 1.29 is 9.90 Å². The Hall–Kier alpha value is -1.35. The molecule has 0 bridgehead atoms. The largest absolute Gasteiger partial charge is 0.481 e. The average molecular weight is 275 g/mol. The van der Waals surface area contributed by atoms with Crippen LogP contribution in [0.3, 0.4) is 0 Å². The highest BCUT2D eigenvalue weighted by Gasteiger charge is 2.30. The van der Waals surface area contributed by atoms with Crippen LogP contribution in [0.4, 0.5) is 0 Å². The van der Waals surface area contributed by atoms with Crippen molar-refractivity contribution in [3.05, 3.63) is 35.9 Å². The molecule has 1 aromatic rings. The van der Waals surface area contributed by atoms with Crippen molar-refractivity contribution in [3.8, 4) is 0 Å². The van der Waals surface area contributed by atoms with Gasteiger partial charge < -0.3 is 10.4 Å². The van der Waals surface area contributed by atoms with E-state index in [0.717, 1.165) is 32.2 Å². The molecule has 110 valence electrons. The molecular formula is C17H25NO2. The van der Waals surface area contributed by atoms with Crippen molar-refractivity contribution in [2.75, 3.05) is 6.54 Å². The Labute approximate surface area is 121 Å². The minimum Gasteiger partial charge on any atom is -0.481 e. The van der Waals surface area contributed by atoms with Crippen LogP contribution in [0.5, 0.6) is 0 Å². The molecule has 0 radical (unpaired) electrons. The Kier molecular flexibility index (Phi) is 5.60. The fraction of sp³-hybridized carbons (Fsp3) is 0.588. The van der Waals surface area contributed by atoms with Crippen LogP contribution in [0.25, 0.3) is 0 Å². The van der Waals surface area contributed by atoms with Crippen LogP contribution < -0.4 is 5.32 Å². The molecule has 1 saturated carbocycles. The zero-order valence-corrected chi connectivity index (χ0v) is 12.2. The molecule has 1 aliphatic rings. The van der Waals surface area contributed by atoms with Gasteiger partial charge in [0.25, 0.3) is 0 Å². The molecule has 0 aliphatic heterocycles. The molecule has 2 rings (SSSR count). The molecule has 0 aromatic heterocycles. The maximum Gasteiger partial charge on any atom is 0.306 e. The Bertz CT molecular complexity index is 418. The Morgan fingerprint density at radius 3 is 2.70 bits per heavy atom. The summed E-state index contributed by atoms with van der Waals surface area (Å²) in [6.07, 6.45) is 5.11. The molecule has 1 aliphatic carbocycles. The van der Waals surface area contributed by atoms with Crippen molar-refractivity contribution in [1.29, 1.82) is 0 Å². The second-order valence-corrected chi connectivity index (χ2v) is 5.99. The molecule has 0 heterocycles. The average Bonchev–Trinajstić information content (AvgIpc) is 2.46. The summed E-state index contributed by atoms with van der Waals surface area (Å²) in [4.78, 5) is 11.3. The first kappa shape index (κ1) is 15.0. The molecule has 0 spiro atoms. The fourth-order valence-corrected chi connectivity index (χ4v) is 3.17. The quantitative estimate of drug-likeness (QED) is 0.838. The second-order valence-electron chi connectivity index (χ2n) is 5.99. The summed E-state index contributed by atoms with van der Waals surface area (Å²) in [5, 5.41) is 12.8. The van der Waals surface area contributed by atoms with Crippen molar-refractivity contribution in [1.82, 2.24) is 5.32 Å². The minimum absolute atomic E-state index is 0.153. The van der Waals surface area contributed by atoms with E-state index < -0.39 is 5.97 Å². The Morgan fingerprint density at radius 2 is 2.00 bits per heavy atom. The zero-order chi connectivity index (χ0) is 14.4. The highest BCUT2D eigenvalue weighted by atomic mass is 16.4. The third-order valence-corrected chi connectivity index (χ3v) is 4.34. The van der Waals surface area contributed by atoms with E-state index in [1.807, 2.05) is 6.07 Å². The number of aliphatic carboxylic acids is 1. The molecule has 3 unspecified atom stereocenters. The van der Waals surface area contributed by atoms with E-state index in [9.17, 15) is 9.90 Å². The van der Waals surface area contributed by atoms with Crippen LogP contribution in [-0.4, -0.2) is 23.7 Å². The topological polar surface area (TPSA) is 49.3 Å². The van der Waals surface area contributed by atoms with Gasteiger partial charge in [0.05, 0.1) is 5.92 Å². The standard InChI is InChI=1S/C17H25NO2/c1-13(11-14-7-3-2-4-8-14)18-12-15-9-5-6-10-16(15)17(19)20/h2-4,7-8,13,15-16,18H,5-6,9-12H2,1H3,(H,19,20). The molecule has 2 N–H and O–H groups in total. The van der Waals surface area contributed by atoms with Crippen LogP contribution in [0.2, 0.25) is 0 Å². The van der Waals surface area contributed by atoms with E-state index in [1.165, 1.54) is 12.0 Å². The van der Waals surface area contributed by atoms with Gasteiger partial charge in [-0.2, -0.15) is 0 Å². The SMILES string of the molecule is CC(Cc1ccccc1)NCC1CCCCC1C(=O)O. The van der Waals surface area contributed by atoms with E-state index in [1.54, 1.807) is 0 Å². The van der Waals surface area contributed by atoms with Crippen LogP contribution in [0.15, 0.2) is 30.3 Å². The summed E-state index contributed by atoms with van der Waals surface area (Å²) in [7, 11) is 0. The first-order chi connectivity index (χ1) is 9.66. The van der Waals surface area contributed by atoms with Gasteiger partial charge in [-0.05, 0) is 44.2 Å². The number of carboxylic acids is 1. The Balaban J connectivity index is 1.80. The van der Waals surface area contributed by atoms with E-state index in [2.05, 4.69) is 36.5 Å². The lowest BCUT2D eigenvalue weighted by atomic mass is 9.79. The number of carbonyl (C=O) groups is 1. The summed E-state index contributed by atoms with van der Waals surface area (Å²) in [6, 6.07) is 10.8. The molecule has 0 saturated heterocycles. The molecule has 3 heteroatoms. The predicted molar refractivity (Wildman–Crippen MR) is 80.7 cm³/mol. The van der Waals surface area contributed by atoms with Gasteiger partial charge in [-0.25, -0.2) is 0 Å². The highest BCUT2D eigenvalue weighted by Crippen LogP contribution is 2.29. The molecular weight excluding hydrogens is 250 g/mol. The fourth-order valence-electron chi connectivity index (χ4n) is 3.17. The Morgan fingerprint density at radius 1 is 1.30 bits per heavy atom. The molecule has 3 nitrogen and oxygen atoms in total. The lowest BCUT2D eigenvalue weighted by Gasteiger charge is -2.29. The lowest BCUT2D eigenvalue weighted by molar-refractivity contribution is -0.144. The lowest BCUT2D eigenvalue weighted by Crippen LogP contribution is -2.38. The van der Waals surface area contributed by atoms with Crippen molar-refractivity contribution in [2.24, 2.45) is 11.8 Å². The summed E-state index contributed by atoms with van der Waals surface area (Å²) < 4.78 is 0. The second kappa shape index (κ2) is 7.44. The molecule has 3 atom stereocenters. The van der Waals surface area contributed by atoms with Gasteiger partial charge in [0.2, 0.25) is 0 Å². The predicted octanol–water partition coefficient (Wildman–Crippen LogP) is 3.10. The maximum atomic E-state index is 11.3. The van der Waals surface area contributed by atoms with Crippen LogP contribution in [-0.2, 0) is 11.2 Å². The van der Waals surface area contributed by atoms with Crippen molar-refractivity contribution >= 4 is 5.97 Å². The van der Waals surface area contributed by atoms with Gasteiger partial charge in [0.15, 0.2) is 0 Å². The molecule has 0 amide bonds. The summed E-state index contributed by atoms with van der Waals surface area (Å²) in [5.74, 6) is -0.480. The van der Waals surface area contributed by atoms with Crippen molar-refractivity contribution in [3.63, 3.8) is 0 Å². The zero-order valence-electron chi connectivity index (χ0n) is 12.2. The van der Waals surface area contributed by atoms with Gasteiger partial charge in [-0.15, -0.1) is 0 Å². The monoisotopic (exact) mass is 275 g/mol. The summed E-state index contributed by atoms with van der Waals surface area (Å²) in [5.41, 5.74) is 1.32. The number of hydrogen-bond donors (Lipinski definition) is 2. The first-order valence-electron chi connectivity index (χ1n) is 7.67. The van der Waals surface area contributed by atoms with Gasteiger partial charge in [-0.1, -0.05) is 43.2 Å². The van der Waals surface area contributed by atoms with Gasteiger partial charge in [0, 0.05) is 6.04 Å². The molecule has 1 fully saturated rings. The van der Waals surface area contributed by atoms with Gasteiger partial charge in [0.1, 0.15) is 0 Å². The van der Waals surface area contributed by atoms with Crippen molar-refractivity contribution in [2.45, 2.75) is 45.1 Å². The van der Waals surface area contributed by atoms with Gasteiger partial charge in [-0.3, -0.25) is 4.79 Å². The summed E-state index contributed by atoms with van der Waals surface area (Å²) in [6.45, 7) is 3.00. The van der Waals surface area contributed by atoms with E-state index in [0.29, 0.717) is 12.0 Å². The number of hydrogen-bond acceptors (Lipinski definition) is 2. The number of benzene rings is 1. The third-order valence-electron chi connectivity index (χ3n) is 4.34. The van der Waals surface area contributed by atoms with Crippen LogP contribution in [0.1, 0.15) is 38.2 Å². The maximum absolute atomic E-state index is 11.3. The minimum atomic E-state index is -0.618. The van der Waals surface area contributed by atoms with Crippen LogP contribution in [0, 0.1) is 11.8 Å². The smallest absolute Gasteiger partial charge is 0.306 e. The van der Waals surface area contributed by atoms with Gasteiger partial charge >= 0.3 is 5.97 Å².